The topological polar surface area (TPSA) is 91.7 Å². The van der Waals surface area contributed by atoms with Gasteiger partial charge in [0.2, 0.25) is 0 Å². The molecule has 0 aliphatic carbocycles. The molecule has 3 aromatic rings. The maximum atomic E-state index is 12.9. The van der Waals surface area contributed by atoms with Gasteiger partial charge in [0.1, 0.15) is 11.5 Å². The van der Waals surface area contributed by atoms with Gasteiger partial charge in [-0.05, 0) is 45.0 Å². The monoisotopic (exact) mass is 365 g/mol. The summed E-state index contributed by atoms with van der Waals surface area (Å²) in [4.78, 5) is 26.8. The van der Waals surface area contributed by atoms with Crippen LogP contribution in [-0.4, -0.2) is 61.2 Å². The van der Waals surface area contributed by atoms with Crippen LogP contribution in [0.3, 0.4) is 0 Å². The van der Waals surface area contributed by atoms with Crippen molar-refractivity contribution >= 4 is 5.91 Å². The van der Waals surface area contributed by atoms with Gasteiger partial charge in [-0.25, -0.2) is 14.6 Å². The number of piperidine rings is 1. The van der Waals surface area contributed by atoms with Crippen molar-refractivity contribution < 1.29 is 4.79 Å². The van der Waals surface area contributed by atoms with E-state index in [4.69, 9.17) is 0 Å². The van der Waals surface area contributed by atoms with E-state index in [1.807, 2.05) is 36.2 Å². The normalized spacial score (nSPS) is 15.0. The van der Waals surface area contributed by atoms with Crippen molar-refractivity contribution in [1.29, 1.82) is 0 Å². The highest BCUT2D eigenvalue weighted by molar-refractivity contribution is 5.93. The first kappa shape index (κ1) is 17.4. The maximum Gasteiger partial charge on any atom is 0.274 e. The molecule has 1 saturated heterocycles. The zero-order valence-electron chi connectivity index (χ0n) is 15.3. The summed E-state index contributed by atoms with van der Waals surface area (Å²) in [5.41, 5.74) is 1.25. The van der Waals surface area contributed by atoms with Gasteiger partial charge in [0.05, 0.1) is 11.8 Å². The lowest BCUT2D eigenvalue weighted by molar-refractivity contribution is 0.0650. The Morgan fingerprint density at radius 1 is 1.33 bits per heavy atom. The molecule has 140 valence electrons. The molecule has 8 heteroatoms. The Balaban J connectivity index is 1.53. The third kappa shape index (κ3) is 3.61. The molecule has 0 radical (unpaired) electrons. The summed E-state index contributed by atoms with van der Waals surface area (Å²) >= 11 is 0. The summed E-state index contributed by atoms with van der Waals surface area (Å²) in [5, 5.41) is 7.67. The molecule has 4 heterocycles. The SMILES string of the molecule is CCN(C(=O)c1c[nH]c(-c2cnn(-c3ccccn3)c2)n1)C1CCNCC1. The number of rotatable bonds is 5. The second kappa shape index (κ2) is 7.71. The van der Waals surface area contributed by atoms with Crippen molar-refractivity contribution in [2.75, 3.05) is 19.6 Å². The Bertz CT molecular complexity index is 896. The number of H-pyrrole nitrogens is 1. The van der Waals surface area contributed by atoms with Crippen LogP contribution in [0.15, 0.2) is 43.0 Å². The predicted molar refractivity (Wildman–Crippen MR) is 102 cm³/mol. The zero-order valence-corrected chi connectivity index (χ0v) is 15.3. The Kier molecular flexibility index (Phi) is 4.97. The molecule has 1 fully saturated rings. The number of pyridine rings is 1. The Hall–Kier alpha value is -3.00. The van der Waals surface area contributed by atoms with Crippen LogP contribution < -0.4 is 5.32 Å². The quantitative estimate of drug-likeness (QED) is 0.720. The van der Waals surface area contributed by atoms with Crippen LogP contribution in [0.2, 0.25) is 0 Å². The molecular weight excluding hydrogens is 342 g/mol. The maximum absolute atomic E-state index is 12.9. The van der Waals surface area contributed by atoms with Crippen LogP contribution >= 0.6 is 0 Å². The lowest BCUT2D eigenvalue weighted by Crippen LogP contribution is -2.46. The number of hydrogen-bond acceptors (Lipinski definition) is 5. The molecule has 1 aliphatic rings. The number of aromatic amines is 1. The van der Waals surface area contributed by atoms with Gasteiger partial charge in [-0.1, -0.05) is 6.07 Å². The molecule has 27 heavy (non-hydrogen) atoms. The van der Waals surface area contributed by atoms with Gasteiger partial charge >= 0.3 is 0 Å². The van der Waals surface area contributed by atoms with Gasteiger partial charge in [-0.15, -0.1) is 0 Å². The van der Waals surface area contributed by atoms with Crippen LogP contribution in [0.4, 0.5) is 0 Å². The van der Waals surface area contributed by atoms with E-state index in [0.29, 0.717) is 18.1 Å². The molecule has 0 spiro atoms. The highest BCUT2D eigenvalue weighted by Gasteiger charge is 2.26. The molecule has 0 atom stereocenters. The van der Waals surface area contributed by atoms with Crippen molar-refractivity contribution in [2.45, 2.75) is 25.8 Å². The lowest BCUT2D eigenvalue weighted by Gasteiger charge is -2.33. The van der Waals surface area contributed by atoms with Crippen LogP contribution in [0.1, 0.15) is 30.3 Å². The summed E-state index contributed by atoms with van der Waals surface area (Å²) < 4.78 is 1.69. The molecule has 1 aliphatic heterocycles. The minimum Gasteiger partial charge on any atom is -0.344 e. The van der Waals surface area contributed by atoms with E-state index in [2.05, 4.69) is 25.4 Å². The van der Waals surface area contributed by atoms with Crippen LogP contribution in [-0.2, 0) is 0 Å². The van der Waals surface area contributed by atoms with Crippen LogP contribution in [0.25, 0.3) is 17.2 Å². The second-order valence-corrected chi connectivity index (χ2v) is 6.57. The molecule has 0 unspecified atom stereocenters. The first-order valence-corrected chi connectivity index (χ1v) is 9.30. The zero-order chi connectivity index (χ0) is 18.6. The van der Waals surface area contributed by atoms with Crippen molar-refractivity contribution in [3.63, 3.8) is 0 Å². The van der Waals surface area contributed by atoms with Crippen LogP contribution in [0.5, 0.6) is 0 Å². The van der Waals surface area contributed by atoms with Crippen molar-refractivity contribution in [1.82, 2.24) is 34.9 Å². The highest BCUT2D eigenvalue weighted by Crippen LogP contribution is 2.19. The standard InChI is InChI=1S/C19H23N7O/c1-2-25(15-6-9-20-10-7-15)19(27)16-12-22-18(24-16)14-11-23-26(13-14)17-5-3-4-8-21-17/h3-5,8,11-13,15,20H,2,6-7,9-10H2,1H3,(H,22,24). The number of aromatic nitrogens is 5. The smallest absolute Gasteiger partial charge is 0.274 e. The molecule has 4 rings (SSSR count). The Morgan fingerprint density at radius 2 is 2.19 bits per heavy atom. The van der Waals surface area contributed by atoms with Crippen molar-refractivity contribution in [2.24, 2.45) is 0 Å². The number of nitrogens with one attached hydrogen (secondary N) is 2. The summed E-state index contributed by atoms with van der Waals surface area (Å²) in [6.07, 6.45) is 8.92. The average molecular weight is 365 g/mol. The van der Waals surface area contributed by atoms with Gasteiger partial charge in [0.15, 0.2) is 5.82 Å². The molecular formula is C19H23N7O. The van der Waals surface area contributed by atoms with Gasteiger partial charge in [-0.3, -0.25) is 4.79 Å². The number of nitrogens with zero attached hydrogens (tertiary/aromatic N) is 5. The lowest BCUT2D eigenvalue weighted by atomic mass is 10.0. The molecule has 0 aromatic carbocycles. The number of amides is 1. The number of carbonyl (C=O) groups excluding carboxylic acids is 1. The van der Waals surface area contributed by atoms with E-state index >= 15 is 0 Å². The fraction of sp³-hybridized carbons (Fsp3) is 0.368. The van der Waals surface area contributed by atoms with E-state index in [1.165, 1.54) is 0 Å². The fourth-order valence-corrected chi connectivity index (χ4v) is 3.47. The summed E-state index contributed by atoms with van der Waals surface area (Å²) in [6, 6.07) is 5.93. The number of hydrogen-bond donors (Lipinski definition) is 2. The predicted octanol–water partition coefficient (Wildman–Crippen LogP) is 1.87. The van der Waals surface area contributed by atoms with Gasteiger partial charge < -0.3 is 15.2 Å². The molecule has 3 aromatic heterocycles. The van der Waals surface area contributed by atoms with Crippen molar-refractivity contribution in [3.05, 3.63) is 48.7 Å². The molecule has 8 nitrogen and oxygen atoms in total. The van der Waals surface area contributed by atoms with E-state index in [1.54, 1.807) is 23.3 Å². The molecule has 0 bridgehead atoms. The first-order chi connectivity index (χ1) is 13.3. The third-order valence-electron chi connectivity index (χ3n) is 4.89. The van der Waals surface area contributed by atoms with E-state index < -0.39 is 0 Å². The molecule has 1 amide bonds. The minimum atomic E-state index is -0.0241. The Labute approximate surface area is 157 Å². The largest absolute Gasteiger partial charge is 0.344 e. The van der Waals surface area contributed by atoms with Crippen LogP contribution in [0, 0.1) is 0 Å². The molecule has 0 saturated carbocycles. The second-order valence-electron chi connectivity index (χ2n) is 6.57. The van der Waals surface area contributed by atoms with E-state index in [0.717, 1.165) is 37.3 Å². The summed E-state index contributed by atoms with van der Waals surface area (Å²) in [5.74, 6) is 1.33. The van der Waals surface area contributed by atoms with E-state index in [9.17, 15) is 4.79 Å². The summed E-state index contributed by atoms with van der Waals surface area (Å²) in [7, 11) is 0. The van der Waals surface area contributed by atoms with E-state index in [-0.39, 0.29) is 11.9 Å². The minimum absolute atomic E-state index is 0.0241. The molecule has 2 N–H and O–H groups in total. The summed E-state index contributed by atoms with van der Waals surface area (Å²) in [6.45, 7) is 4.60. The third-order valence-corrected chi connectivity index (χ3v) is 4.89. The first-order valence-electron chi connectivity index (χ1n) is 9.30. The highest BCUT2D eigenvalue weighted by atomic mass is 16.2. The van der Waals surface area contributed by atoms with Crippen molar-refractivity contribution in [3.8, 4) is 17.2 Å². The number of carbonyl (C=O) groups is 1. The Morgan fingerprint density at radius 3 is 2.93 bits per heavy atom. The average Bonchev–Trinajstić information content (AvgIpc) is 3.40. The van der Waals surface area contributed by atoms with Gasteiger partial charge in [0.25, 0.3) is 5.91 Å². The van der Waals surface area contributed by atoms with Gasteiger partial charge in [0, 0.05) is 31.2 Å². The van der Waals surface area contributed by atoms with Gasteiger partial charge in [-0.2, -0.15) is 5.10 Å². The number of imidazole rings is 1. The fourth-order valence-electron chi connectivity index (χ4n) is 3.47.